The van der Waals surface area contributed by atoms with E-state index in [1.807, 2.05) is 0 Å². The van der Waals surface area contributed by atoms with Crippen LogP contribution in [0, 0.1) is 0 Å². The summed E-state index contributed by atoms with van der Waals surface area (Å²) in [6, 6.07) is 1.80. The monoisotopic (exact) mass is 169 g/mol. The van der Waals surface area contributed by atoms with Crippen LogP contribution in [0.25, 0.3) is 0 Å². The number of nitrogens with two attached hydrogens (primary N) is 1. The summed E-state index contributed by atoms with van der Waals surface area (Å²) >= 11 is 1.60. The van der Waals surface area contributed by atoms with E-state index in [0.717, 1.165) is 5.16 Å². The Morgan fingerprint density at radius 3 is 2.73 bits per heavy atom. The number of thioether (sulfide) groups is 1. The number of hydrogen-bond donors (Lipinski definition) is 1. The summed E-state index contributed by atoms with van der Waals surface area (Å²) in [6.45, 7) is 2.71. The zero-order valence-corrected chi connectivity index (χ0v) is 7.21. The molecule has 1 aromatic heterocycles. The minimum absolute atomic E-state index is 0.386. The third-order valence-corrected chi connectivity index (χ3v) is 2.20. The van der Waals surface area contributed by atoms with Gasteiger partial charge in [-0.2, -0.15) is 0 Å². The predicted molar refractivity (Wildman–Crippen MR) is 46.4 cm³/mol. The van der Waals surface area contributed by atoms with Gasteiger partial charge in [0.05, 0.1) is 0 Å². The van der Waals surface area contributed by atoms with Gasteiger partial charge in [-0.3, -0.25) is 0 Å². The Balaban J connectivity index is 2.51. The molecule has 11 heavy (non-hydrogen) atoms. The maximum atomic E-state index is 5.44. The maximum Gasteiger partial charge on any atom is 0.187 e. The summed E-state index contributed by atoms with van der Waals surface area (Å²) in [4.78, 5) is 8.13. The summed E-state index contributed by atoms with van der Waals surface area (Å²) in [5.41, 5.74) is 5.44. The van der Waals surface area contributed by atoms with E-state index in [1.54, 1.807) is 30.2 Å². The van der Waals surface area contributed by atoms with Crippen LogP contribution in [0.15, 0.2) is 23.6 Å². The van der Waals surface area contributed by atoms with Crippen LogP contribution >= 0.6 is 11.8 Å². The van der Waals surface area contributed by atoms with E-state index >= 15 is 0 Å². The lowest BCUT2D eigenvalue weighted by Gasteiger charge is -2.04. The molecule has 0 unspecified atom stereocenters. The highest BCUT2D eigenvalue weighted by Crippen LogP contribution is 2.16. The fourth-order valence-corrected chi connectivity index (χ4v) is 1.27. The van der Waals surface area contributed by atoms with E-state index in [4.69, 9.17) is 5.73 Å². The van der Waals surface area contributed by atoms with Crippen molar-refractivity contribution in [3.8, 4) is 0 Å². The molecule has 1 atom stereocenters. The molecule has 1 heterocycles. The van der Waals surface area contributed by atoms with E-state index in [2.05, 4.69) is 16.9 Å². The van der Waals surface area contributed by atoms with Crippen molar-refractivity contribution in [2.75, 3.05) is 6.54 Å². The molecule has 0 bridgehead atoms. The predicted octanol–water partition coefficient (Wildman–Crippen LogP) is 0.916. The largest absolute Gasteiger partial charge is 0.329 e. The lowest BCUT2D eigenvalue weighted by Crippen LogP contribution is -2.12. The van der Waals surface area contributed by atoms with Crippen molar-refractivity contribution in [1.29, 1.82) is 0 Å². The standard InChI is InChI=1S/C7H11N3S/c1-6(5-8)11-7-9-3-2-4-10-7/h2-4,6H,5,8H2,1H3/t6-/m0/s1. The molecule has 60 valence electrons. The highest BCUT2D eigenvalue weighted by molar-refractivity contribution is 7.99. The van der Waals surface area contributed by atoms with Crippen molar-refractivity contribution in [1.82, 2.24) is 9.97 Å². The lowest BCUT2D eigenvalue weighted by molar-refractivity contribution is 0.916. The minimum Gasteiger partial charge on any atom is -0.329 e. The first-order valence-electron chi connectivity index (χ1n) is 3.46. The Bertz CT molecular complexity index is 202. The quantitative estimate of drug-likeness (QED) is 0.540. The Labute approximate surface area is 70.4 Å². The van der Waals surface area contributed by atoms with Gasteiger partial charge in [0.2, 0.25) is 0 Å². The Morgan fingerprint density at radius 2 is 2.18 bits per heavy atom. The van der Waals surface area contributed by atoms with Crippen molar-refractivity contribution < 1.29 is 0 Å². The van der Waals surface area contributed by atoms with Gasteiger partial charge in [-0.25, -0.2) is 9.97 Å². The lowest BCUT2D eigenvalue weighted by atomic mass is 10.5. The van der Waals surface area contributed by atoms with Crippen LogP contribution in [0.2, 0.25) is 0 Å². The number of hydrogen-bond acceptors (Lipinski definition) is 4. The first-order chi connectivity index (χ1) is 5.33. The van der Waals surface area contributed by atoms with Gasteiger partial charge in [0.25, 0.3) is 0 Å². The first kappa shape index (κ1) is 8.49. The molecule has 1 rings (SSSR count). The van der Waals surface area contributed by atoms with Gasteiger partial charge in [0.15, 0.2) is 5.16 Å². The topological polar surface area (TPSA) is 51.8 Å². The minimum atomic E-state index is 0.386. The van der Waals surface area contributed by atoms with Gasteiger partial charge in [0.1, 0.15) is 0 Å². The van der Waals surface area contributed by atoms with Crippen LogP contribution in [0.5, 0.6) is 0 Å². The summed E-state index contributed by atoms with van der Waals surface area (Å²) in [6.07, 6.45) is 3.47. The molecule has 0 aromatic carbocycles. The van der Waals surface area contributed by atoms with E-state index in [1.165, 1.54) is 0 Å². The van der Waals surface area contributed by atoms with E-state index in [0.29, 0.717) is 11.8 Å². The van der Waals surface area contributed by atoms with Gasteiger partial charge in [-0.15, -0.1) is 0 Å². The fourth-order valence-electron chi connectivity index (χ4n) is 0.574. The van der Waals surface area contributed by atoms with Crippen molar-refractivity contribution >= 4 is 11.8 Å². The molecule has 0 radical (unpaired) electrons. The molecule has 4 heteroatoms. The van der Waals surface area contributed by atoms with Gasteiger partial charge in [0, 0.05) is 24.2 Å². The average Bonchev–Trinajstić information content (AvgIpc) is 2.06. The average molecular weight is 169 g/mol. The highest BCUT2D eigenvalue weighted by Gasteiger charge is 2.02. The molecule has 3 nitrogen and oxygen atoms in total. The van der Waals surface area contributed by atoms with Crippen molar-refractivity contribution in [3.05, 3.63) is 18.5 Å². The molecule has 0 spiro atoms. The molecule has 0 aliphatic carbocycles. The second-order valence-corrected chi connectivity index (χ2v) is 3.60. The smallest absolute Gasteiger partial charge is 0.187 e. The first-order valence-corrected chi connectivity index (χ1v) is 4.34. The van der Waals surface area contributed by atoms with E-state index < -0.39 is 0 Å². The molecule has 0 aliphatic heterocycles. The van der Waals surface area contributed by atoms with Crippen LogP contribution in [0.4, 0.5) is 0 Å². The highest BCUT2D eigenvalue weighted by atomic mass is 32.2. The number of rotatable bonds is 3. The zero-order valence-electron chi connectivity index (χ0n) is 6.40. The Hall–Kier alpha value is -0.610. The third-order valence-electron chi connectivity index (χ3n) is 1.18. The molecule has 2 N–H and O–H groups in total. The number of aromatic nitrogens is 2. The van der Waals surface area contributed by atoms with E-state index in [-0.39, 0.29) is 0 Å². The van der Waals surface area contributed by atoms with Gasteiger partial charge >= 0.3 is 0 Å². The molecule has 0 fully saturated rings. The second kappa shape index (κ2) is 4.31. The van der Waals surface area contributed by atoms with Crippen molar-refractivity contribution in [2.24, 2.45) is 5.73 Å². The molecule has 0 saturated heterocycles. The van der Waals surface area contributed by atoms with E-state index in [9.17, 15) is 0 Å². The van der Waals surface area contributed by atoms with Gasteiger partial charge < -0.3 is 5.73 Å². The molecular weight excluding hydrogens is 158 g/mol. The second-order valence-electron chi connectivity index (χ2n) is 2.20. The third kappa shape index (κ3) is 2.86. The Kier molecular flexibility index (Phi) is 3.32. The maximum absolute atomic E-state index is 5.44. The van der Waals surface area contributed by atoms with Crippen LogP contribution in [0.1, 0.15) is 6.92 Å². The normalized spacial score (nSPS) is 12.9. The Morgan fingerprint density at radius 1 is 1.55 bits per heavy atom. The molecule has 0 aliphatic rings. The number of nitrogens with zero attached hydrogens (tertiary/aromatic N) is 2. The van der Waals surface area contributed by atoms with Crippen molar-refractivity contribution in [2.45, 2.75) is 17.3 Å². The zero-order chi connectivity index (χ0) is 8.10. The van der Waals surface area contributed by atoms with Gasteiger partial charge in [-0.05, 0) is 6.07 Å². The summed E-state index contributed by atoms with van der Waals surface area (Å²) in [7, 11) is 0. The van der Waals surface area contributed by atoms with Gasteiger partial charge in [-0.1, -0.05) is 18.7 Å². The van der Waals surface area contributed by atoms with Crippen LogP contribution in [0.3, 0.4) is 0 Å². The summed E-state index contributed by atoms with van der Waals surface area (Å²) < 4.78 is 0. The summed E-state index contributed by atoms with van der Waals surface area (Å²) in [5.74, 6) is 0. The van der Waals surface area contributed by atoms with Crippen LogP contribution < -0.4 is 5.73 Å². The van der Waals surface area contributed by atoms with Crippen LogP contribution in [-0.4, -0.2) is 21.8 Å². The fraction of sp³-hybridized carbons (Fsp3) is 0.429. The molecule has 1 aromatic rings. The summed E-state index contributed by atoms with van der Waals surface area (Å²) in [5, 5.41) is 1.18. The molecular formula is C7H11N3S. The molecule has 0 saturated carbocycles. The van der Waals surface area contributed by atoms with Crippen molar-refractivity contribution in [3.63, 3.8) is 0 Å². The SMILES string of the molecule is C[C@@H](CN)Sc1ncccn1. The molecule has 0 amide bonds. The van der Waals surface area contributed by atoms with Crippen LogP contribution in [-0.2, 0) is 0 Å².